The third-order valence-electron chi connectivity index (χ3n) is 5.60. The van der Waals surface area contributed by atoms with Crippen LogP contribution in [-0.4, -0.2) is 54.9 Å². The molecule has 1 saturated heterocycles. The number of hydrogen-bond acceptors (Lipinski definition) is 8. The summed E-state index contributed by atoms with van der Waals surface area (Å²) >= 11 is 0. The minimum Gasteiger partial charge on any atom is -0.497 e. The maximum Gasteiger partial charge on any atom is 0.232 e. The molecule has 4 rings (SSSR count). The summed E-state index contributed by atoms with van der Waals surface area (Å²) in [6.07, 6.45) is 0.318. The van der Waals surface area contributed by atoms with Gasteiger partial charge in [-0.2, -0.15) is 4.98 Å². The molecule has 1 aliphatic rings. The largest absolute Gasteiger partial charge is 0.497 e. The quantitative estimate of drug-likeness (QED) is 0.440. The van der Waals surface area contributed by atoms with Crippen LogP contribution in [0.5, 0.6) is 23.0 Å². The Morgan fingerprint density at radius 3 is 2.38 bits per heavy atom. The van der Waals surface area contributed by atoms with Gasteiger partial charge in [-0.3, -0.25) is 4.79 Å². The highest BCUT2D eigenvalue weighted by atomic mass is 16.5. The highest BCUT2D eigenvalue weighted by Gasteiger charge is 2.34. The minimum atomic E-state index is -0.171. The van der Waals surface area contributed by atoms with E-state index in [1.54, 1.807) is 25.2 Å². The van der Waals surface area contributed by atoms with Crippen molar-refractivity contribution >= 4 is 5.91 Å². The number of likely N-dealkylation sites (tertiary alicyclic amines) is 1. The number of carbonyl (C=O) groups is 1. The third kappa shape index (κ3) is 5.08. The van der Waals surface area contributed by atoms with E-state index in [-0.39, 0.29) is 11.8 Å². The van der Waals surface area contributed by atoms with Gasteiger partial charge in [0.15, 0.2) is 11.5 Å². The molecule has 1 aliphatic heterocycles. The standard InChI is InChI=1S/C25H29N3O6/c1-5-32-21-8-7-16(9-22(21)33-6-2)14-28-15-18(12-23(28)29)25-26-24(27-34-25)17-10-19(30-3)13-20(11-17)31-4/h7-11,13,18H,5-6,12,14-15H2,1-4H3. The average Bonchev–Trinajstić information content (AvgIpc) is 3.48. The van der Waals surface area contributed by atoms with Crippen molar-refractivity contribution < 1.29 is 28.3 Å². The van der Waals surface area contributed by atoms with Gasteiger partial charge >= 0.3 is 0 Å². The highest BCUT2D eigenvalue weighted by molar-refractivity contribution is 5.79. The van der Waals surface area contributed by atoms with Gasteiger partial charge < -0.3 is 28.4 Å². The van der Waals surface area contributed by atoms with E-state index in [0.717, 1.165) is 5.56 Å². The molecule has 180 valence electrons. The maximum absolute atomic E-state index is 12.7. The Bertz CT molecular complexity index is 1120. The van der Waals surface area contributed by atoms with Gasteiger partial charge in [0.25, 0.3) is 0 Å². The lowest BCUT2D eigenvalue weighted by Gasteiger charge is -2.18. The Hall–Kier alpha value is -3.75. The van der Waals surface area contributed by atoms with Gasteiger partial charge in [0.1, 0.15) is 11.5 Å². The van der Waals surface area contributed by atoms with E-state index in [1.165, 1.54) is 0 Å². The molecule has 0 N–H and O–H groups in total. The Kier molecular flexibility index (Phi) is 7.20. The monoisotopic (exact) mass is 467 g/mol. The topological polar surface area (TPSA) is 96.2 Å². The predicted octanol–water partition coefficient (Wildman–Crippen LogP) is 4.07. The van der Waals surface area contributed by atoms with Crippen LogP contribution in [0.4, 0.5) is 0 Å². The van der Waals surface area contributed by atoms with Gasteiger partial charge in [-0.25, -0.2) is 0 Å². The molecule has 3 aromatic rings. The summed E-state index contributed by atoms with van der Waals surface area (Å²) in [6.45, 7) is 5.92. The molecule has 1 fully saturated rings. The van der Waals surface area contributed by atoms with E-state index in [9.17, 15) is 4.79 Å². The maximum atomic E-state index is 12.7. The van der Waals surface area contributed by atoms with Gasteiger partial charge in [-0.15, -0.1) is 0 Å². The van der Waals surface area contributed by atoms with Crippen LogP contribution in [0.2, 0.25) is 0 Å². The fraction of sp³-hybridized carbons (Fsp3) is 0.400. The fourth-order valence-electron chi connectivity index (χ4n) is 3.96. The molecule has 1 atom stereocenters. The Balaban J connectivity index is 1.48. The van der Waals surface area contributed by atoms with Crippen molar-refractivity contribution in [1.29, 1.82) is 0 Å². The predicted molar refractivity (Wildman–Crippen MR) is 124 cm³/mol. The van der Waals surface area contributed by atoms with E-state index in [1.807, 2.05) is 44.2 Å². The molecule has 9 nitrogen and oxygen atoms in total. The molecule has 0 saturated carbocycles. The van der Waals surface area contributed by atoms with Crippen LogP contribution in [0.15, 0.2) is 40.9 Å². The third-order valence-corrected chi connectivity index (χ3v) is 5.60. The molecule has 34 heavy (non-hydrogen) atoms. The van der Waals surface area contributed by atoms with E-state index in [2.05, 4.69) is 10.1 Å². The van der Waals surface area contributed by atoms with Crippen molar-refractivity contribution in [2.24, 2.45) is 0 Å². The normalized spacial score (nSPS) is 15.5. The SMILES string of the molecule is CCOc1ccc(CN2CC(c3nc(-c4cc(OC)cc(OC)c4)no3)CC2=O)cc1OCC. The number of ether oxygens (including phenoxy) is 4. The minimum absolute atomic E-state index is 0.0413. The first-order chi connectivity index (χ1) is 16.5. The van der Waals surface area contributed by atoms with E-state index in [0.29, 0.717) is 73.0 Å². The number of benzene rings is 2. The molecule has 1 unspecified atom stereocenters. The first kappa shape index (κ1) is 23.4. The van der Waals surface area contributed by atoms with Crippen molar-refractivity contribution in [2.75, 3.05) is 34.0 Å². The van der Waals surface area contributed by atoms with Crippen molar-refractivity contribution in [3.63, 3.8) is 0 Å². The van der Waals surface area contributed by atoms with Crippen LogP contribution in [-0.2, 0) is 11.3 Å². The molecule has 1 amide bonds. The van der Waals surface area contributed by atoms with Crippen LogP contribution < -0.4 is 18.9 Å². The summed E-state index contributed by atoms with van der Waals surface area (Å²) in [7, 11) is 3.17. The fourth-order valence-corrected chi connectivity index (χ4v) is 3.96. The summed E-state index contributed by atoms with van der Waals surface area (Å²) < 4.78 is 27.5. The van der Waals surface area contributed by atoms with Crippen LogP contribution >= 0.6 is 0 Å². The van der Waals surface area contributed by atoms with Gasteiger partial charge in [-0.1, -0.05) is 11.2 Å². The second kappa shape index (κ2) is 10.5. The summed E-state index contributed by atoms with van der Waals surface area (Å²) in [4.78, 5) is 19.1. The molecule has 0 spiro atoms. The molecule has 0 radical (unpaired) electrons. The zero-order chi connectivity index (χ0) is 24.1. The number of methoxy groups -OCH3 is 2. The smallest absolute Gasteiger partial charge is 0.232 e. The lowest BCUT2D eigenvalue weighted by Crippen LogP contribution is -2.24. The first-order valence-electron chi connectivity index (χ1n) is 11.3. The summed E-state index contributed by atoms with van der Waals surface area (Å²) in [5.74, 6) is 3.37. The highest BCUT2D eigenvalue weighted by Crippen LogP contribution is 2.33. The molecule has 1 aromatic heterocycles. The van der Waals surface area contributed by atoms with E-state index < -0.39 is 0 Å². The average molecular weight is 468 g/mol. The Morgan fingerprint density at radius 1 is 1.00 bits per heavy atom. The number of hydrogen-bond donors (Lipinski definition) is 0. The number of rotatable bonds is 10. The molecule has 0 aliphatic carbocycles. The van der Waals surface area contributed by atoms with Crippen molar-refractivity contribution in [3.05, 3.63) is 47.9 Å². The number of amides is 1. The molecule has 2 heterocycles. The van der Waals surface area contributed by atoms with Gasteiger partial charge in [-0.05, 0) is 43.7 Å². The lowest BCUT2D eigenvalue weighted by atomic mass is 10.1. The van der Waals surface area contributed by atoms with E-state index in [4.69, 9.17) is 23.5 Å². The van der Waals surface area contributed by atoms with Crippen LogP contribution in [0.25, 0.3) is 11.4 Å². The molecule has 9 heteroatoms. The second-order valence-corrected chi connectivity index (χ2v) is 7.88. The first-order valence-corrected chi connectivity index (χ1v) is 11.3. The zero-order valence-corrected chi connectivity index (χ0v) is 19.9. The summed E-state index contributed by atoms with van der Waals surface area (Å²) in [6, 6.07) is 11.2. The van der Waals surface area contributed by atoms with Crippen molar-refractivity contribution in [3.8, 4) is 34.4 Å². The Labute approximate surface area is 198 Å². The zero-order valence-electron chi connectivity index (χ0n) is 19.9. The van der Waals surface area contributed by atoms with Crippen molar-refractivity contribution in [1.82, 2.24) is 15.0 Å². The van der Waals surface area contributed by atoms with Gasteiger partial charge in [0.05, 0.1) is 33.4 Å². The lowest BCUT2D eigenvalue weighted by molar-refractivity contribution is -0.128. The van der Waals surface area contributed by atoms with E-state index >= 15 is 0 Å². The molecule has 2 aromatic carbocycles. The molecule has 0 bridgehead atoms. The number of carbonyl (C=O) groups excluding carboxylic acids is 1. The van der Waals surface area contributed by atoms with Gasteiger partial charge in [0, 0.05) is 31.1 Å². The summed E-state index contributed by atoms with van der Waals surface area (Å²) in [5, 5.41) is 4.12. The van der Waals surface area contributed by atoms with Crippen molar-refractivity contribution in [2.45, 2.75) is 32.7 Å². The van der Waals surface area contributed by atoms with Crippen LogP contribution in [0, 0.1) is 0 Å². The van der Waals surface area contributed by atoms with Crippen LogP contribution in [0.1, 0.15) is 37.6 Å². The molecular weight excluding hydrogens is 438 g/mol. The second-order valence-electron chi connectivity index (χ2n) is 7.88. The van der Waals surface area contributed by atoms with Crippen LogP contribution in [0.3, 0.4) is 0 Å². The molecular formula is C25H29N3O6. The number of aromatic nitrogens is 2. The van der Waals surface area contributed by atoms with Gasteiger partial charge in [0.2, 0.25) is 17.6 Å². The Morgan fingerprint density at radius 2 is 1.71 bits per heavy atom. The number of nitrogens with zero attached hydrogens (tertiary/aromatic N) is 3. The summed E-state index contributed by atoms with van der Waals surface area (Å²) in [5.41, 5.74) is 1.68.